The number of amides is 1. The fraction of sp³-hybridized carbons (Fsp3) is 0.235. The van der Waals surface area contributed by atoms with Crippen LogP contribution in [0.3, 0.4) is 0 Å². The van der Waals surface area contributed by atoms with Crippen LogP contribution < -0.4 is 11.1 Å². The summed E-state index contributed by atoms with van der Waals surface area (Å²) in [7, 11) is 0. The number of aromatic amines is 1. The van der Waals surface area contributed by atoms with Crippen molar-refractivity contribution in [3.63, 3.8) is 0 Å². The van der Waals surface area contributed by atoms with Gasteiger partial charge in [0.15, 0.2) is 0 Å². The van der Waals surface area contributed by atoms with Gasteiger partial charge in [0.2, 0.25) is 5.91 Å². The van der Waals surface area contributed by atoms with Crippen LogP contribution in [0.1, 0.15) is 23.3 Å². The number of para-hydroxylation sites is 1. The van der Waals surface area contributed by atoms with Crippen molar-refractivity contribution in [2.75, 3.05) is 6.54 Å². The Morgan fingerprint density at radius 3 is 2.86 bits per heavy atom. The number of nitrogens with one attached hydrogen (secondary N) is 2. The Kier molecular flexibility index (Phi) is 4.27. The fourth-order valence-electron chi connectivity index (χ4n) is 2.63. The highest BCUT2D eigenvalue weighted by Gasteiger charge is 2.20. The van der Waals surface area contributed by atoms with Gasteiger partial charge in [-0.25, -0.2) is 0 Å². The van der Waals surface area contributed by atoms with Crippen molar-refractivity contribution in [2.45, 2.75) is 18.9 Å². The molecule has 2 aromatic heterocycles. The Hall–Kier alpha value is -2.11. The minimum absolute atomic E-state index is 0.193. The maximum Gasteiger partial charge on any atom is 0.234 e. The molecule has 3 aromatic rings. The van der Waals surface area contributed by atoms with Crippen molar-refractivity contribution >= 4 is 28.1 Å². The molecule has 0 spiro atoms. The zero-order valence-corrected chi connectivity index (χ0v) is 13.2. The number of primary amides is 1. The van der Waals surface area contributed by atoms with Gasteiger partial charge in [-0.1, -0.05) is 24.3 Å². The van der Waals surface area contributed by atoms with Gasteiger partial charge in [0, 0.05) is 34.4 Å². The van der Waals surface area contributed by atoms with Crippen LogP contribution in [0, 0.1) is 0 Å². The molecular weight excluding hydrogens is 294 g/mol. The number of hydrogen-bond acceptors (Lipinski definition) is 3. The predicted octanol–water partition coefficient (Wildman–Crippen LogP) is 2.82. The summed E-state index contributed by atoms with van der Waals surface area (Å²) >= 11 is 1.73. The molecule has 4 N–H and O–H groups in total. The quantitative estimate of drug-likeness (QED) is 0.655. The summed E-state index contributed by atoms with van der Waals surface area (Å²) in [6, 6.07) is 12.1. The number of carbonyl (C=O) groups excluding carboxylic acids is 1. The number of fused-ring (bicyclic) bond motifs is 1. The minimum Gasteiger partial charge on any atom is -0.368 e. The zero-order chi connectivity index (χ0) is 15.5. The lowest BCUT2D eigenvalue weighted by molar-refractivity contribution is -0.119. The number of thiophene rings is 1. The van der Waals surface area contributed by atoms with Crippen LogP contribution in [-0.4, -0.2) is 23.5 Å². The SMILES string of the molecule is C[C@@H](NC[C@H](c1cccs1)c1c[nH]c2ccccc12)C(N)=O. The lowest BCUT2D eigenvalue weighted by atomic mass is 9.96. The van der Waals surface area contributed by atoms with Crippen LogP contribution in [0.5, 0.6) is 0 Å². The number of rotatable bonds is 6. The molecule has 0 aliphatic carbocycles. The van der Waals surface area contributed by atoms with Gasteiger partial charge in [0.1, 0.15) is 0 Å². The van der Waals surface area contributed by atoms with E-state index < -0.39 is 0 Å². The van der Waals surface area contributed by atoms with E-state index >= 15 is 0 Å². The number of H-pyrrole nitrogens is 1. The number of nitrogens with two attached hydrogens (primary N) is 1. The van der Waals surface area contributed by atoms with Crippen LogP contribution >= 0.6 is 11.3 Å². The standard InChI is InChI=1S/C17H19N3OS/c1-11(17(18)21)19-10-14(16-7-4-8-22-16)13-9-20-15-6-3-2-5-12(13)15/h2-9,11,14,19-20H,10H2,1H3,(H2,18,21)/t11-,14+/m1/s1. The monoisotopic (exact) mass is 313 g/mol. The fourth-order valence-corrected chi connectivity index (χ4v) is 3.48. The average Bonchev–Trinajstić information content (AvgIpc) is 3.17. The first kappa shape index (κ1) is 14.8. The minimum atomic E-state index is -0.340. The molecule has 5 heteroatoms. The molecule has 0 fully saturated rings. The number of hydrogen-bond donors (Lipinski definition) is 3. The Bertz CT molecular complexity index is 763. The molecule has 114 valence electrons. The van der Waals surface area contributed by atoms with E-state index in [9.17, 15) is 4.79 Å². The van der Waals surface area contributed by atoms with Crippen molar-refractivity contribution < 1.29 is 4.79 Å². The second-order valence-corrected chi connectivity index (χ2v) is 6.37. The summed E-state index contributed by atoms with van der Waals surface area (Å²) in [6.45, 7) is 2.47. The van der Waals surface area contributed by atoms with Crippen LogP contribution in [0.4, 0.5) is 0 Å². The lowest BCUT2D eigenvalue weighted by Gasteiger charge is -2.18. The molecule has 0 saturated carbocycles. The highest BCUT2D eigenvalue weighted by molar-refractivity contribution is 7.10. The van der Waals surface area contributed by atoms with Crippen molar-refractivity contribution in [3.05, 3.63) is 58.4 Å². The molecule has 0 saturated heterocycles. The van der Waals surface area contributed by atoms with Gasteiger partial charge in [-0.15, -0.1) is 11.3 Å². The van der Waals surface area contributed by atoms with E-state index in [0.29, 0.717) is 6.54 Å². The van der Waals surface area contributed by atoms with Crippen molar-refractivity contribution in [1.29, 1.82) is 0 Å². The maximum absolute atomic E-state index is 11.3. The highest BCUT2D eigenvalue weighted by Crippen LogP contribution is 2.32. The van der Waals surface area contributed by atoms with E-state index in [1.807, 2.05) is 12.1 Å². The van der Waals surface area contributed by atoms with Crippen molar-refractivity contribution in [3.8, 4) is 0 Å². The molecule has 22 heavy (non-hydrogen) atoms. The van der Waals surface area contributed by atoms with E-state index in [1.54, 1.807) is 18.3 Å². The number of carbonyl (C=O) groups is 1. The van der Waals surface area contributed by atoms with Crippen LogP contribution in [-0.2, 0) is 4.79 Å². The number of benzene rings is 1. The first-order valence-electron chi connectivity index (χ1n) is 7.29. The molecule has 0 unspecified atom stereocenters. The molecule has 0 bridgehead atoms. The smallest absolute Gasteiger partial charge is 0.234 e. The van der Waals surface area contributed by atoms with Crippen molar-refractivity contribution in [1.82, 2.24) is 10.3 Å². The van der Waals surface area contributed by atoms with Crippen LogP contribution in [0.25, 0.3) is 10.9 Å². The Morgan fingerprint density at radius 1 is 1.32 bits per heavy atom. The van der Waals surface area contributed by atoms with Crippen molar-refractivity contribution in [2.24, 2.45) is 5.73 Å². The molecule has 1 amide bonds. The molecule has 0 aliphatic heterocycles. The zero-order valence-electron chi connectivity index (χ0n) is 12.4. The lowest BCUT2D eigenvalue weighted by Crippen LogP contribution is -2.40. The van der Waals surface area contributed by atoms with E-state index in [-0.39, 0.29) is 17.9 Å². The van der Waals surface area contributed by atoms with Gasteiger partial charge in [-0.2, -0.15) is 0 Å². The molecule has 3 rings (SSSR count). The Labute approximate surface area is 133 Å². The summed E-state index contributed by atoms with van der Waals surface area (Å²) in [4.78, 5) is 15.9. The third-order valence-corrected chi connectivity index (χ3v) is 4.92. The summed E-state index contributed by atoms with van der Waals surface area (Å²) in [6.07, 6.45) is 2.06. The summed E-state index contributed by atoms with van der Waals surface area (Å²) in [5.74, 6) is -0.137. The molecule has 2 heterocycles. The van der Waals surface area contributed by atoms with Gasteiger partial charge >= 0.3 is 0 Å². The summed E-state index contributed by atoms with van der Waals surface area (Å²) in [5.41, 5.74) is 7.71. The topological polar surface area (TPSA) is 70.9 Å². The third-order valence-electron chi connectivity index (χ3n) is 3.94. The van der Waals surface area contributed by atoms with E-state index in [2.05, 4.69) is 46.1 Å². The Morgan fingerprint density at radius 2 is 2.14 bits per heavy atom. The van der Waals surface area contributed by atoms with Gasteiger partial charge in [0.05, 0.1) is 6.04 Å². The first-order valence-corrected chi connectivity index (χ1v) is 8.17. The van der Waals surface area contributed by atoms with Gasteiger partial charge in [0.25, 0.3) is 0 Å². The second-order valence-electron chi connectivity index (χ2n) is 5.39. The molecule has 4 nitrogen and oxygen atoms in total. The predicted molar refractivity (Wildman–Crippen MR) is 91.1 cm³/mol. The molecule has 1 aromatic carbocycles. The largest absolute Gasteiger partial charge is 0.368 e. The Balaban J connectivity index is 1.93. The van der Waals surface area contributed by atoms with Gasteiger partial charge < -0.3 is 16.0 Å². The molecule has 0 radical (unpaired) electrons. The third kappa shape index (κ3) is 2.91. The number of aromatic nitrogens is 1. The molecule has 0 aliphatic rings. The summed E-state index contributed by atoms with van der Waals surface area (Å²) < 4.78 is 0. The highest BCUT2D eigenvalue weighted by atomic mass is 32.1. The van der Waals surface area contributed by atoms with E-state index in [1.165, 1.54) is 15.8 Å². The average molecular weight is 313 g/mol. The molecular formula is C17H19N3OS. The van der Waals surface area contributed by atoms with Gasteiger partial charge in [-0.05, 0) is 30.0 Å². The second kappa shape index (κ2) is 6.34. The summed E-state index contributed by atoms with van der Waals surface area (Å²) in [5, 5.41) is 6.54. The van der Waals surface area contributed by atoms with Crippen LogP contribution in [0.15, 0.2) is 48.0 Å². The molecule has 2 atom stereocenters. The van der Waals surface area contributed by atoms with E-state index in [4.69, 9.17) is 5.73 Å². The maximum atomic E-state index is 11.3. The normalized spacial score (nSPS) is 14.0. The van der Waals surface area contributed by atoms with Gasteiger partial charge in [-0.3, -0.25) is 4.79 Å². The van der Waals surface area contributed by atoms with E-state index in [0.717, 1.165) is 5.52 Å². The van der Waals surface area contributed by atoms with Crippen LogP contribution in [0.2, 0.25) is 0 Å². The first-order chi connectivity index (χ1) is 10.7.